The normalized spacial score (nSPS) is 20.7. The number of aliphatic imine (C=N–C) groups is 2. The molecule has 508 valence electrons. The first kappa shape index (κ1) is 69.1. The molecule has 0 spiro atoms. The van der Waals surface area contributed by atoms with E-state index in [4.69, 9.17) is 49.7 Å². The van der Waals surface area contributed by atoms with Crippen LogP contribution in [0.25, 0.3) is 45.1 Å². The molecule has 1 amide bonds. The molecular formula is C65H91N17O11S. The molecule has 11 N–H and O–H groups in total. The maximum Gasteiger partial charge on any atom is 0.269 e. The molecule has 6 aromatic rings. The van der Waals surface area contributed by atoms with E-state index in [2.05, 4.69) is 51.4 Å². The molecule has 3 aliphatic heterocycles. The average molecular weight is 1320 g/mol. The van der Waals surface area contributed by atoms with Crippen molar-refractivity contribution >= 4 is 56.1 Å². The first-order valence-corrected chi connectivity index (χ1v) is 34.0. The number of hydrogen-bond donors (Lipinski definition) is 10. The van der Waals surface area contributed by atoms with E-state index < -0.39 is 28.3 Å². The van der Waals surface area contributed by atoms with Gasteiger partial charge in [0.2, 0.25) is 5.91 Å². The van der Waals surface area contributed by atoms with Crippen LogP contribution in [0, 0.1) is 18.8 Å². The number of carbonyl (C=O) groups is 1. The number of fused-ring (bicyclic) bond motifs is 1. The summed E-state index contributed by atoms with van der Waals surface area (Å²) in [5, 5.41) is 57.5. The number of nitrogens with zero attached hydrogens (tertiary/aromatic N) is 11. The number of amides is 1. The summed E-state index contributed by atoms with van der Waals surface area (Å²) in [4.78, 5) is 55.7. The zero-order valence-electron chi connectivity index (χ0n) is 54.1. The highest BCUT2D eigenvalue weighted by atomic mass is 32.2. The van der Waals surface area contributed by atoms with E-state index in [1.54, 1.807) is 51.6 Å². The van der Waals surface area contributed by atoms with Crippen LogP contribution in [-0.4, -0.2) is 235 Å². The van der Waals surface area contributed by atoms with E-state index in [1.807, 2.05) is 24.0 Å². The van der Waals surface area contributed by atoms with Crippen molar-refractivity contribution in [3.63, 3.8) is 0 Å². The van der Waals surface area contributed by atoms with Gasteiger partial charge in [0.15, 0.2) is 17.3 Å². The molecule has 29 heteroatoms. The van der Waals surface area contributed by atoms with Gasteiger partial charge in [-0.15, -0.1) is 0 Å². The number of anilines is 3. The van der Waals surface area contributed by atoms with Gasteiger partial charge >= 0.3 is 0 Å². The smallest absolute Gasteiger partial charge is 0.269 e. The standard InChI is InChI=1S/C65H91N17O11S/c1-41-61(75-46-11-12-47(84)29-46)78-63(79-64(41)81-18-22-90-23-19-81)45-26-51(93-39-49(86)35-68-3)30-52(27-45)94(88,89)82-37-54(53-36-70-40-74-65(53)82)55-31-59(77-62(76-55)44-8-5-10-50(25-44)92-38-48(85)34-67-2)73-33-42-13-21-91-56(24-42)43-9-6-16-80(60(87)28-43)17-7-14-71-57(66)32-58(69-4)72-15-20-83/h5,8,10,25-27,30-31,36-37,40,42-43,46-49,56,67-68,83-86H,6-7,9,11-24,28-29,32-35,38-39H2,1-4H3,(H2,66,71)(H,69,72)(H,73,76,77)(H,75,78,79). The number of aromatic nitrogens is 7. The highest BCUT2D eigenvalue weighted by molar-refractivity contribution is 7.90. The Labute approximate surface area is 548 Å². The molecule has 4 aromatic heterocycles. The molecule has 2 aromatic carbocycles. The molecule has 4 fully saturated rings. The van der Waals surface area contributed by atoms with Gasteiger partial charge in [-0.25, -0.2) is 42.3 Å². The van der Waals surface area contributed by atoms with Gasteiger partial charge in [0.05, 0.1) is 49.0 Å². The van der Waals surface area contributed by atoms with Crippen LogP contribution in [-0.2, 0) is 24.3 Å². The fourth-order valence-electron chi connectivity index (χ4n) is 12.5. The molecular weight excluding hydrogens is 1230 g/mol. The maximum atomic E-state index is 15.7. The molecule has 94 heavy (non-hydrogen) atoms. The third-order valence-corrected chi connectivity index (χ3v) is 19.1. The average Bonchev–Trinajstić information content (AvgIpc) is 1.56. The second-order valence-electron chi connectivity index (χ2n) is 24.5. The lowest BCUT2D eigenvalue weighted by molar-refractivity contribution is -0.133. The van der Waals surface area contributed by atoms with Crippen LogP contribution in [0.5, 0.6) is 11.5 Å². The van der Waals surface area contributed by atoms with Crippen LogP contribution in [0.2, 0.25) is 0 Å². The molecule has 1 saturated carbocycles. The molecule has 0 bridgehead atoms. The lowest BCUT2D eigenvalue weighted by Crippen LogP contribution is -2.37. The van der Waals surface area contributed by atoms with Crippen molar-refractivity contribution in [1.82, 2.24) is 54.7 Å². The number of rotatable bonds is 30. The second-order valence-corrected chi connectivity index (χ2v) is 26.3. The highest BCUT2D eigenvalue weighted by Crippen LogP contribution is 2.38. The number of hydrogen-bond acceptors (Lipinski definition) is 24. The number of amidine groups is 2. The Morgan fingerprint density at radius 1 is 0.904 bits per heavy atom. The minimum atomic E-state index is -4.60. The van der Waals surface area contributed by atoms with Crippen molar-refractivity contribution in [1.29, 1.82) is 0 Å². The number of nitrogens with one attached hydrogen (secondary N) is 5. The maximum absolute atomic E-state index is 15.7. The molecule has 28 nitrogen and oxygen atoms in total. The molecule has 3 saturated heterocycles. The SMILES string of the molecule is CN=C(CC(N)=NCCCN1CCCC(C2CC(CNc3cc(-c4cn(S(=O)(=O)c5cc(OCC(O)CNC)cc(-c6nc(NC7CCC(O)C7)c(C)c(N7CCOCC7)n6)c5)c5ncncc45)nc(-c4cccc(OCC(O)CNC)c4)n3)CCO2)CC1=O)NCCO. The minimum Gasteiger partial charge on any atom is -0.491 e. The van der Waals surface area contributed by atoms with Crippen molar-refractivity contribution in [2.45, 2.75) is 106 Å². The van der Waals surface area contributed by atoms with Crippen molar-refractivity contribution in [2.24, 2.45) is 27.6 Å². The van der Waals surface area contributed by atoms with E-state index >= 15 is 8.42 Å². The van der Waals surface area contributed by atoms with Gasteiger partial charge in [-0.1, -0.05) is 12.1 Å². The zero-order valence-corrected chi connectivity index (χ0v) is 54.9. The quantitative estimate of drug-likeness (QED) is 0.0176. The van der Waals surface area contributed by atoms with E-state index in [0.29, 0.717) is 173 Å². The van der Waals surface area contributed by atoms with Crippen LogP contribution in [0.1, 0.15) is 69.8 Å². The number of likely N-dealkylation sites (N-methyl/N-ethyl adjacent to an activating group) is 2. The summed E-state index contributed by atoms with van der Waals surface area (Å²) in [5.41, 5.74) is 8.73. The first-order valence-electron chi connectivity index (χ1n) is 32.6. The summed E-state index contributed by atoms with van der Waals surface area (Å²) in [6.07, 6.45) is 8.62. The topological polar surface area (TPSA) is 369 Å². The number of aliphatic hydroxyl groups is 4. The molecule has 10 rings (SSSR count). The van der Waals surface area contributed by atoms with Gasteiger partial charge in [0.1, 0.15) is 72.4 Å². The van der Waals surface area contributed by atoms with Crippen molar-refractivity contribution in [3.05, 3.63) is 72.8 Å². The lowest BCUT2D eigenvalue weighted by Gasteiger charge is -2.34. The fourth-order valence-corrected chi connectivity index (χ4v) is 13.9. The largest absolute Gasteiger partial charge is 0.491 e. The predicted octanol–water partition coefficient (Wildman–Crippen LogP) is 3.22. The Kier molecular flexibility index (Phi) is 24.3. The summed E-state index contributed by atoms with van der Waals surface area (Å²) in [7, 11) is 0.522. The molecule has 0 radical (unpaired) electrons. The molecule has 4 aliphatic rings. The van der Waals surface area contributed by atoms with E-state index in [9.17, 15) is 20.1 Å². The fraction of sp³-hybridized carbons (Fsp3) is 0.554. The highest BCUT2D eigenvalue weighted by Gasteiger charge is 2.35. The number of nitrogens with two attached hydrogens (primary N) is 1. The van der Waals surface area contributed by atoms with Crippen LogP contribution in [0.3, 0.4) is 0 Å². The number of aliphatic hydroxyl groups excluding tert-OH is 4. The Morgan fingerprint density at radius 2 is 1.68 bits per heavy atom. The number of carbonyl (C=O) groups excluding carboxylic acids is 1. The zero-order chi connectivity index (χ0) is 66.1. The number of ether oxygens (including phenoxy) is 4. The third-order valence-electron chi connectivity index (χ3n) is 17.4. The molecule has 7 heterocycles. The lowest BCUT2D eigenvalue weighted by atomic mass is 9.85. The van der Waals surface area contributed by atoms with Crippen LogP contribution in [0.15, 0.2) is 82.1 Å². The van der Waals surface area contributed by atoms with E-state index in [1.165, 1.54) is 24.7 Å². The second kappa shape index (κ2) is 33.1. The van der Waals surface area contributed by atoms with Crippen molar-refractivity contribution < 1.29 is 52.6 Å². The van der Waals surface area contributed by atoms with E-state index in [0.717, 1.165) is 41.6 Å². The summed E-state index contributed by atoms with van der Waals surface area (Å²) < 4.78 is 56.9. The number of likely N-dealkylation sites (tertiary alicyclic amines) is 1. The molecule has 1 aliphatic carbocycles. The Morgan fingerprint density at radius 3 is 2.44 bits per heavy atom. The van der Waals surface area contributed by atoms with Gasteiger partial charge in [0.25, 0.3) is 10.0 Å². The number of benzene rings is 2. The van der Waals surface area contributed by atoms with Crippen LogP contribution in [0.4, 0.5) is 17.5 Å². The van der Waals surface area contributed by atoms with Crippen molar-refractivity contribution in [3.8, 4) is 45.5 Å². The van der Waals surface area contributed by atoms with Crippen LogP contribution < -0.4 is 46.7 Å². The van der Waals surface area contributed by atoms with Crippen molar-refractivity contribution in [2.75, 3.05) is 135 Å². The monoisotopic (exact) mass is 1320 g/mol. The molecule has 7 unspecified atom stereocenters. The van der Waals surface area contributed by atoms with Gasteiger partial charge < -0.3 is 81.5 Å². The van der Waals surface area contributed by atoms with Gasteiger partial charge in [-0.05, 0) is 108 Å². The summed E-state index contributed by atoms with van der Waals surface area (Å²) in [5.74, 6) is 4.21. The summed E-state index contributed by atoms with van der Waals surface area (Å²) in [6.45, 7) is 7.63. The van der Waals surface area contributed by atoms with E-state index in [-0.39, 0.29) is 78.4 Å². The summed E-state index contributed by atoms with van der Waals surface area (Å²) in [6, 6.07) is 13.5. The summed E-state index contributed by atoms with van der Waals surface area (Å²) >= 11 is 0. The van der Waals surface area contributed by atoms with Gasteiger partial charge in [-0.2, -0.15) is 0 Å². The van der Waals surface area contributed by atoms with Crippen LogP contribution >= 0.6 is 0 Å². The Balaban J connectivity index is 0.943. The number of morpholine rings is 1. The minimum absolute atomic E-state index is 0.0178. The Bertz CT molecular complexity index is 3690. The Hall–Kier alpha value is -7.74. The predicted molar refractivity (Wildman–Crippen MR) is 359 cm³/mol. The third kappa shape index (κ3) is 18.0. The van der Waals surface area contributed by atoms with Gasteiger partial charge in [0, 0.05) is 137 Å². The molecule has 7 atom stereocenters. The first-order chi connectivity index (χ1) is 45.6. The van der Waals surface area contributed by atoms with Gasteiger partial charge in [-0.3, -0.25) is 14.8 Å².